The topological polar surface area (TPSA) is 69.6 Å². The van der Waals surface area contributed by atoms with E-state index in [-0.39, 0.29) is 12.5 Å². The predicted octanol–water partition coefficient (Wildman–Crippen LogP) is 18.8. The third-order valence-corrected chi connectivity index (χ3v) is 13.9. The summed E-state index contributed by atoms with van der Waals surface area (Å²) in [4.78, 5) is 12.5. The van der Waals surface area contributed by atoms with E-state index in [1.807, 2.05) is 0 Å². The zero-order valence-corrected chi connectivity index (χ0v) is 42.2. The standard InChI is InChI=1S/C57H115NO3/c1-3-5-7-9-11-13-15-17-18-19-20-21-22-23-24-25-26-27-28-29-30-31-32-33-34-35-36-37-38-39-41-43-45-47-49-51-53-57(61)58-55(54-59)56(60)52-50-48-46-44-42-40-16-14-12-10-8-6-4-2/h55-56,59-60H,3-54H2,1-2H3,(H,58,61)/t55-,56+/m0/s1. The summed E-state index contributed by atoms with van der Waals surface area (Å²) >= 11 is 0. The summed E-state index contributed by atoms with van der Waals surface area (Å²) in [7, 11) is 0. The van der Waals surface area contributed by atoms with Crippen LogP contribution >= 0.6 is 0 Å². The van der Waals surface area contributed by atoms with Crippen LogP contribution in [0.2, 0.25) is 0 Å². The van der Waals surface area contributed by atoms with Crippen LogP contribution in [0.3, 0.4) is 0 Å². The lowest BCUT2D eigenvalue weighted by Crippen LogP contribution is -2.45. The Morgan fingerprint density at radius 3 is 0.738 bits per heavy atom. The van der Waals surface area contributed by atoms with Gasteiger partial charge in [0.05, 0.1) is 18.8 Å². The maximum Gasteiger partial charge on any atom is 0.220 e. The van der Waals surface area contributed by atoms with Crippen molar-refractivity contribution in [1.82, 2.24) is 5.32 Å². The quantitative estimate of drug-likeness (QED) is 0.0534. The molecule has 0 saturated heterocycles. The summed E-state index contributed by atoms with van der Waals surface area (Å²) < 4.78 is 0. The Bertz CT molecular complexity index is 803. The SMILES string of the molecule is CCCCCCCCCCCCCCCCCCCCCCCCCCCCCCCCCCCCCCC(=O)N[C@@H](CO)[C@H](O)CCCCCCCCCCCCCCC. The van der Waals surface area contributed by atoms with Crippen molar-refractivity contribution in [1.29, 1.82) is 0 Å². The molecule has 366 valence electrons. The minimum Gasteiger partial charge on any atom is -0.394 e. The molecule has 0 aromatic heterocycles. The molecular weight excluding hydrogens is 747 g/mol. The zero-order valence-electron chi connectivity index (χ0n) is 42.2. The number of aliphatic hydroxyl groups is 2. The summed E-state index contributed by atoms with van der Waals surface area (Å²) in [6.07, 6.45) is 68.3. The molecule has 0 aliphatic heterocycles. The summed E-state index contributed by atoms with van der Waals surface area (Å²) in [6, 6.07) is -0.530. The molecule has 0 fully saturated rings. The van der Waals surface area contributed by atoms with Gasteiger partial charge in [-0.3, -0.25) is 4.79 Å². The Labute approximate surface area is 384 Å². The molecule has 3 N–H and O–H groups in total. The lowest BCUT2D eigenvalue weighted by molar-refractivity contribution is -0.123. The number of hydrogen-bond donors (Lipinski definition) is 3. The largest absolute Gasteiger partial charge is 0.394 e. The first-order valence-electron chi connectivity index (χ1n) is 28.7. The van der Waals surface area contributed by atoms with Crippen LogP contribution in [-0.2, 0) is 4.79 Å². The first-order chi connectivity index (χ1) is 30.2. The molecule has 4 nitrogen and oxygen atoms in total. The van der Waals surface area contributed by atoms with Gasteiger partial charge in [-0.2, -0.15) is 0 Å². The highest BCUT2D eigenvalue weighted by Crippen LogP contribution is 2.19. The van der Waals surface area contributed by atoms with Crippen LogP contribution in [0.15, 0.2) is 0 Å². The van der Waals surface area contributed by atoms with Gasteiger partial charge in [0, 0.05) is 6.42 Å². The Kier molecular flexibility index (Phi) is 53.2. The fourth-order valence-corrected chi connectivity index (χ4v) is 9.48. The minimum absolute atomic E-state index is 0.0235. The van der Waals surface area contributed by atoms with Gasteiger partial charge in [-0.05, 0) is 12.8 Å². The van der Waals surface area contributed by atoms with Gasteiger partial charge in [0.2, 0.25) is 5.91 Å². The number of nitrogens with one attached hydrogen (secondary N) is 1. The first-order valence-corrected chi connectivity index (χ1v) is 28.7. The average Bonchev–Trinajstić information content (AvgIpc) is 3.26. The van der Waals surface area contributed by atoms with Crippen molar-refractivity contribution in [2.24, 2.45) is 0 Å². The van der Waals surface area contributed by atoms with E-state index in [1.54, 1.807) is 0 Å². The van der Waals surface area contributed by atoms with Crippen molar-refractivity contribution in [3.05, 3.63) is 0 Å². The van der Waals surface area contributed by atoms with Gasteiger partial charge in [0.25, 0.3) is 0 Å². The van der Waals surface area contributed by atoms with Gasteiger partial charge in [-0.15, -0.1) is 0 Å². The third kappa shape index (κ3) is 50.3. The van der Waals surface area contributed by atoms with Crippen molar-refractivity contribution in [2.75, 3.05) is 6.61 Å². The molecule has 0 spiro atoms. The van der Waals surface area contributed by atoms with Crippen LogP contribution in [0.4, 0.5) is 0 Å². The van der Waals surface area contributed by atoms with Gasteiger partial charge < -0.3 is 15.5 Å². The molecule has 0 bridgehead atoms. The van der Waals surface area contributed by atoms with Crippen molar-refractivity contribution < 1.29 is 15.0 Å². The third-order valence-electron chi connectivity index (χ3n) is 13.9. The lowest BCUT2D eigenvalue weighted by atomic mass is 10.0. The summed E-state index contributed by atoms with van der Waals surface area (Å²) in [5, 5.41) is 23.2. The molecule has 0 aliphatic carbocycles. The highest BCUT2D eigenvalue weighted by atomic mass is 16.3. The molecular formula is C57H115NO3. The lowest BCUT2D eigenvalue weighted by Gasteiger charge is -2.22. The van der Waals surface area contributed by atoms with E-state index in [2.05, 4.69) is 19.2 Å². The van der Waals surface area contributed by atoms with Crippen molar-refractivity contribution in [2.45, 2.75) is 353 Å². The number of hydrogen-bond acceptors (Lipinski definition) is 3. The average molecular weight is 863 g/mol. The highest BCUT2D eigenvalue weighted by molar-refractivity contribution is 5.76. The fourth-order valence-electron chi connectivity index (χ4n) is 9.48. The molecule has 0 aromatic rings. The Morgan fingerprint density at radius 1 is 0.328 bits per heavy atom. The predicted molar refractivity (Wildman–Crippen MR) is 272 cm³/mol. The van der Waals surface area contributed by atoms with Gasteiger partial charge in [0.15, 0.2) is 0 Å². The van der Waals surface area contributed by atoms with E-state index in [0.29, 0.717) is 12.8 Å². The smallest absolute Gasteiger partial charge is 0.220 e. The molecule has 0 radical (unpaired) electrons. The normalized spacial score (nSPS) is 12.7. The first kappa shape index (κ1) is 60.4. The van der Waals surface area contributed by atoms with E-state index >= 15 is 0 Å². The Morgan fingerprint density at radius 2 is 0.525 bits per heavy atom. The molecule has 0 aromatic carbocycles. The number of carbonyl (C=O) groups is 1. The van der Waals surface area contributed by atoms with Crippen LogP contribution in [0.25, 0.3) is 0 Å². The maximum atomic E-state index is 12.5. The van der Waals surface area contributed by atoms with E-state index in [0.717, 1.165) is 25.7 Å². The Balaban J connectivity index is 3.32. The number of carbonyl (C=O) groups excluding carboxylic acids is 1. The molecule has 0 aliphatic rings. The Hall–Kier alpha value is -0.610. The van der Waals surface area contributed by atoms with Crippen molar-refractivity contribution >= 4 is 5.91 Å². The minimum atomic E-state index is -0.653. The van der Waals surface area contributed by atoms with E-state index < -0.39 is 12.1 Å². The number of aliphatic hydroxyl groups excluding tert-OH is 2. The molecule has 4 heteroatoms. The molecule has 61 heavy (non-hydrogen) atoms. The summed E-state index contributed by atoms with van der Waals surface area (Å²) in [6.45, 7) is 4.39. The zero-order chi connectivity index (χ0) is 44.2. The van der Waals surface area contributed by atoms with Gasteiger partial charge in [0.1, 0.15) is 0 Å². The molecule has 2 atom stereocenters. The number of amides is 1. The van der Waals surface area contributed by atoms with E-state index in [1.165, 1.54) is 289 Å². The molecule has 0 unspecified atom stereocenters. The highest BCUT2D eigenvalue weighted by Gasteiger charge is 2.20. The van der Waals surface area contributed by atoms with Crippen molar-refractivity contribution in [3.8, 4) is 0 Å². The van der Waals surface area contributed by atoms with Crippen LogP contribution in [-0.4, -0.2) is 34.9 Å². The van der Waals surface area contributed by atoms with Crippen LogP contribution in [0.1, 0.15) is 341 Å². The van der Waals surface area contributed by atoms with E-state index in [9.17, 15) is 15.0 Å². The second kappa shape index (κ2) is 53.7. The van der Waals surface area contributed by atoms with Gasteiger partial charge >= 0.3 is 0 Å². The van der Waals surface area contributed by atoms with Crippen LogP contribution in [0, 0.1) is 0 Å². The number of unbranched alkanes of at least 4 members (excludes halogenated alkanes) is 47. The van der Waals surface area contributed by atoms with Crippen LogP contribution in [0.5, 0.6) is 0 Å². The molecule has 1 amide bonds. The molecule has 0 rings (SSSR count). The fraction of sp³-hybridized carbons (Fsp3) is 0.982. The van der Waals surface area contributed by atoms with Gasteiger partial charge in [-0.25, -0.2) is 0 Å². The van der Waals surface area contributed by atoms with Crippen molar-refractivity contribution in [3.63, 3.8) is 0 Å². The van der Waals surface area contributed by atoms with E-state index in [4.69, 9.17) is 0 Å². The van der Waals surface area contributed by atoms with Gasteiger partial charge in [-0.1, -0.05) is 322 Å². The second-order valence-electron chi connectivity index (χ2n) is 20.1. The monoisotopic (exact) mass is 862 g/mol. The number of rotatable bonds is 54. The molecule has 0 heterocycles. The molecule has 0 saturated carbocycles. The summed E-state index contributed by atoms with van der Waals surface area (Å²) in [5.74, 6) is -0.0235. The summed E-state index contributed by atoms with van der Waals surface area (Å²) in [5.41, 5.74) is 0. The maximum absolute atomic E-state index is 12.5. The second-order valence-corrected chi connectivity index (χ2v) is 20.1. The van der Waals surface area contributed by atoms with Crippen LogP contribution < -0.4 is 5.32 Å².